The monoisotopic (exact) mass is 215 g/mol. The summed E-state index contributed by atoms with van der Waals surface area (Å²) in [5, 5.41) is 13.1. The van der Waals surface area contributed by atoms with Crippen molar-refractivity contribution in [2.24, 2.45) is 5.73 Å². The van der Waals surface area contributed by atoms with Crippen LogP contribution in [-0.2, 0) is 11.3 Å². The molecule has 8 nitrogen and oxygen atoms in total. The number of nitrogens with two attached hydrogens (primary N) is 1. The molecule has 1 aromatic heterocycles. The second-order valence-corrected chi connectivity index (χ2v) is 2.63. The van der Waals surface area contributed by atoms with Crippen molar-refractivity contribution in [3.05, 3.63) is 5.89 Å². The molecular formula is C7H13N5O3. The van der Waals surface area contributed by atoms with Crippen molar-refractivity contribution in [2.75, 3.05) is 25.5 Å². The second-order valence-electron chi connectivity index (χ2n) is 2.63. The number of hydrogen-bond donors (Lipinski definition) is 3. The van der Waals surface area contributed by atoms with Gasteiger partial charge < -0.3 is 25.5 Å². The van der Waals surface area contributed by atoms with Crippen molar-refractivity contribution in [1.82, 2.24) is 15.5 Å². The van der Waals surface area contributed by atoms with Crippen molar-refractivity contribution >= 4 is 12.1 Å². The SMILES string of the molecule is CNCc1nnc(NCCOC(N)=O)o1. The summed E-state index contributed by atoms with van der Waals surface area (Å²) in [4.78, 5) is 10.2. The normalized spacial score (nSPS) is 9.93. The van der Waals surface area contributed by atoms with Crippen molar-refractivity contribution in [1.29, 1.82) is 0 Å². The Morgan fingerprint density at radius 1 is 1.60 bits per heavy atom. The van der Waals surface area contributed by atoms with Gasteiger partial charge in [-0.15, -0.1) is 5.10 Å². The number of aromatic nitrogens is 2. The highest BCUT2D eigenvalue weighted by Crippen LogP contribution is 2.03. The second kappa shape index (κ2) is 5.81. The molecule has 0 aliphatic rings. The van der Waals surface area contributed by atoms with Gasteiger partial charge in [-0.25, -0.2) is 4.79 Å². The molecule has 0 aromatic carbocycles. The Hall–Kier alpha value is -1.83. The van der Waals surface area contributed by atoms with Gasteiger partial charge in [-0.05, 0) is 7.05 Å². The Kier molecular flexibility index (Phi) is 4.35. The molecule has 0 unspecified atom stereocenters. The molecule has 0 aliphatic heterocycles. The molecular weight excluding hydrogens is 202 g/mol. The van der Waals surface area contributed by atoms with Gasteiger partial charge in [0.2, 0.25) is 5.89 Å². The first-order valence-corrected chi connectivity index (χ1v) is 4.35. The van der Waals surface area contributed by atoms with Crippen LogP contribution in [0.2, 0.25) is 0 Å². The molecule has 1 amide bonds. The Bertz CT molecular complexity index is 313. The molecule has 84 valence electrons. The first-order chi connectivity index (χ1) is 7.22. The van der Waals surface area contributed by atoms with Gasteiger partial charge in [0, 0.05) is 0 Å². The van der Waals surface area contributed by atoms with Crippen molar-refractivity contribution < 1.29 is 13.9 Å². The molecule has 1 heterocycles. The molecule has 0 spiro atoms. The van der Waals surface area contributed by atoms with Gasteiger partial charge in [-0.2, -0.15) is 0 Å². The number of nitrogens with one attached hydrogen (secondary N) is 2. The van der Waals surface area contributed by atoms with Crippen LogP contribution in [-0.4, -0.2) is 36.5 Å². The van der Waals surface area contributed by atoms with Crippen LogP contribution in [0.15, 0.2) is 4.42 Å². The zero-order valence-electron chi connectivity index (χ0n) is 8.32. The largest absolute Gasteiger partial charge is 0.448 e. The van der Waals surface area contributed by atoms with E-state index in [1.165, 1.54) is 0 Å². The molecule has 15 heavy (non-hydrogen) atoms. The number of nitrogens with zero attached hydrogens (tertiary/aromatic N) is 2. The Labute approximate surface area is 86.2 Å². The standard InChI is InChI=1S/C7H13N5O3/c1-9-4-5-11-12-7(15-5)10-2-3-14-6(8)13/h9H,2-4H2,1H3,(H2,8,13)(H,10,12). The number of anilines is 1. The number of carbonyl (C=O) groups is 1. The lowest BCUT2D eigenvalue weighted by Crippen LogP contribution is -2.18. The van der Waals surface area contributed by atoms with Crippen LogP contribution in [0.3, 0.4) is 0 Å². The first-order valence-electron chi connectivity index (χ1n) is 4.35. The number of ether oxygens (including phenoxy) is 1. The maximum atomic E-state index is 10.2. The third kappa shape index (κ3) is 4.27. The number of primary amides is 1. The Morgan fingerprint density at radius 2 is 2.40 bits per heavy atom. The molecule has 8 heteroatoms. The molecule has 0 saturated heterocycles. The van der Waals surface area contributed by atoms with E-state index in [1.54, 1.807) is 7.05 Å². The summed E-state index contributed by atoms with van der Waals surface area (Å²) in [6.07, 6.45) is -0.807. The maximum absolute atomic E-state index is 10.2. The third-order valence-corrected chi connectivity index (χ3v) is 1.42. The fourth-order valence-corrected chi connectivity index (χ4v) is 0.857. The van der Waals surface area contributed by atoms with Crippen LogP contribution in [0.4, 0.5) is 10.8 Å². The van der Waals surface area contributed by atoms with Crippen LogP contribution in [0.1, 0.15) is 5.89 Å². The minimum absolute atomic E-state index is 0.152. The van der Waals surface area contributed by atoms with Crippen LogP contribution < -0.4 is 16.4 Å². The van der Waals surface area contributed by atoms with E-state index in [1.807, 2.05) is 0 Å². The molecule has 0 radical (unpaired) electrons. The molecule has 1 rings (SSSR count). The van der Waals surface area contributed by atoms with Gasteiger partial charge in [0.05, 0.1) is 13.1 Å². The van der Waals surface area contributed by atoms with E-state index in [-0.39, 0.29) is 12.6 Å². The van der Waals surface area contributed by atoms with Crippen LogP contribution >= 0.6 is 0 Å². The van der Waals surface area contributed by atoms with Crippen molar-refractivity contribution in [3.8, 4) is 0 Å². The highest BCUT2D eigenvalue weighted by molar-refractivity contribution is 5.64. The van der Waals surface area contributed by atoms with E-state index in [0.717, 1.165) is 0 Å². The lowest BCUT2D eigenvalue weighted by atomic mass is 10.6. The first kappa shape index (κ1) is 11.2. The zero-order valence-corrected chi connectivity index (χ0v) is 8.32. The Balaban J connectivity index is 2.22. The molecule has 0 atom stereocenters. The quantitative estimate of drug-likeness (QED) is 0.537. The summed E-state index contributed by atoms with van der Waals surface area (Å²) in [5.74, 6) is 0.482. The fraction of sp³-hybridized carbons (Fsp3) is 0.571. The number of rotatable bonds is 6. The number of amides is 1. The highest BCUT2D eigenvalue weighted by atomic mass is 16.5. The van der Waals surface area contributed by atoms with Crippen LogP contribution in [0, 0.1) is 0 Å². The van der Waals surface area contributed by atoms with E-state index < -0.39 is 6.09 Å². The maximum Gasteiger partial charge on any atom is 0.404 e. The van der Waals surface area contributed by atoms with Gasteiger partial charge in [0.1, 0.15) is 6.61 Å². The van der Waals surface area contributed by atoms with Gasteiger partial charge in [-0.1, -0.05) is 5.10 Å². The minimum atomic E-state index is -0.807. The predicted molar refractivity (Wildman–Crippen MR) is 51.1 cm³/mol. The van der Waals surface area contributed by atoms with Crippen LogP contribution in [0.25, 0.3) is 0 Å². The van der Waals surface area contributed by atoms with Gasteiger partial charge in [-0.3, -0.25) is 0 Å². The zero-order chi connectivity index (χ0) is 11.1. The molecule has 0 bridgehead atoms. The lowest BCUT2D eigenvalue weighted by Gasteiger charge is -2.00. The minimum Gasteiger partial charge on any atom is -0.448 e. The van der Waals surface area contributed by atoms with Gasteiger partial charge >= 0.3 is 12.1 Å². The van der Waals surface area contributed by atoms with E-state index in [2.05, 4.69) is 25.6 Å². The molecule has 0 saturated carbocycles. The summed E-state index contributed by atoms with van der Waals surface area (Å²) in [6, 6.07) is 0.285. The Morgan fingerprint density at radius 3 is 3.07 bits per heavy atom. The predicted octanol–water partition coefficient (Wildman–Crippen LogP) is -0.704. The molecule has 4 N–H and O–H groups in total. The van der Waals surface area contributed by atoms with Gasteiger partial charge in [0.15, 0.2) is 0 Å². The molecule has 0 aliphatic carbocycles. The third-order valence-electron chi connectivity index (χ3n) is 1.42. The van der Waals surface area contributed by atoms with E-state index >= 15 is 0 Å². The fourth-order valence-electron chi connectivity index (χ4n) is 0.857. The molecule has 0 fully saturated rings. The van der Waals surface area contributed by atoms with E-state index in [9.17, 15) is 4.79 Å². The van der Waals surface area contributed by atoms with E-state index in [4.69, 9.17) is 10.2 Å². The smallest absolute Gasteiger partial charge is 0.404 e. The summed E-state index contributed by atoms with van der Waals surface area (Å²) in [7, 11) is 1.78. The van der Waals surface area contributed by atoms with Crippen LogP contribution in [0.5, 0.6) is 0 Å². The molecule has 1 aromatic rings. The van der Waals surface area contributed by atoms with Gasteiger partial charge in [0.25, 0.3) is 0 Å². The van der Waals surface area contributed by atoms with Crippen molar-refractivity contribution in [2.45, 2.75) is 6.54 Å². The van der Waals surface area contributed by atoms with Crippen molar-refractivity contribution in [3.63, 3.8) is 0 Å². The average molecular weight is 215 g/mol. The summed E-state index contributed by atoms with van der Waals surface area (Å²) in [6.45, 7) is 1.02. The summed E-state index contributed by atoms with van der Waals surface area (Å²) in [5.41, 5.74) is 4.77. The average Bonchev–Trinajstić information content (AvgIpc) is 2.61. The summed E-state index contributed by atoms with van der Waals surface area (Å²) < 4.78 is 9.66. The summed E-state index contributed by atoms with van der Waals surface area (Å²) >= 11 is 0. The van der Waals surface area contributed by atoms with E-state index in [0.29, 0.717) is 19.0 Å². The number of hydrogen-bond acceptors (Lipinski definition) is 7. The highest BCUT2D eigenvalue weighted by Gasteiger charge is 2.03. The number of carbonyl (C=O) groups excluding carboxylic acids is 1. The lowest BCUT2D eigenvalue weighted by molar-refractivity contribution is 0.161. The topological polar surface area (TPSA) is 115 Å².